The first-order chi connectivity index (χ1) is 11.4. The van der Waals surface area contributed by atoms with E-state index in [1.165, 1.54) is 24.3 Å². The largest absolute Gasteiger partial charge is 0.348 e. The fourth-order valence-corrected chi connectivity index (χ4v) is 3.36. The van der Waals surface area contributed by atoms with E-state index < -0.39 is 10.0 Å². The number of sulfonamides is 1. The van der Waals surface area contributed by atoms with Crippen molar-refractivity contribution in [2.24, 2.45) is 0 Å². The van der Waals surface area contributed by atoms with Gasteiger partial charge in [0.1, 0.15) is 0 Å². The van der Waals surface area contributed by atoms with E-state index in [1.807, 2.05) is 25.1 Å². The van der Waals surface area contributed by atoms with Crippen molar-refractivity contribution < 1.29 is 13.2 Å². The topological polar surface area (TPSA) is 75.3 Å². The monoisotopic (exact) mass is 366 g/mol. The van der Waals surface area contributed by atoms with E-state index in [4.69, 9.17) is 11.6 Å². The van der Waals surface area contributed by atoms with E-state index in [-0.39, 0.29) is 10.8 Å². The van der Waals surface area contributed by atoms with Crippen LogP contribution in [0.5, 0.6) is 0 Å². The summed E-state index contributed by atoms with van der Waals surface area (Å²) in [7, 11) is -3.52. The van der Waals surface area contributed by atoms with Crippen molar-refractivity contribution in [1.82, 2.24) is 10.0 Å². The predicted molar refractivity (Wildman–Crippen MR) is 94.5 cm³/mol. The van der Waals surface area contributed by atoms with Crippen LogP contribution < -0.4 is 10.0 Å². The number of carbonyl (C=O) groups excluding carboxylic acids is 1. The zero-order valence-electron chi connectivity index (χ0n) is 13.3. The fourth-order valence-electron chi connectivity index (χ4n) is 2.02. The third-order valence-electron chi connectivity index (χ3n) is 3.37. The maximum Gasteiger partial charge on any atom is 0.251 e. The highest BCUT2D eigenvalue weighted by molar-refractivity contribution is 7.89. The Morgan fingerprint density at radius 2 is 1.75 bits per heavy atom. The Kier molecular flexibility index (Phi) is 6.36. The molecule has 0 aliphatic rings. The van der Waals surface area contributed by atoms with Gasteiger partial charge in [0.25, 0.3) is 5.91 Å². The Morgan fingerprint density at radius 3 is 2.38 bits per heavy atom. The maximum atomic E-state index is 12.1. The molecule has 0 bridgehead atoms. The van der Waals surface area contributed by atoms with Crippen LogP contribution in [0, 0.1) is 0 Å². The van der Waals surface area contributed by atoms with Crippen LogP contribution in [0.1, 0.15) is 29.3 Å². The van der Waals surface area contributed by atoms with Gasteiger partial charge in [-0.05, 0) is 42.3 Å². The minimum Gasteiger partial charge on any atom is -0.348 e. The molecular weight excluding hydrogens is 348 g/mol. The molecule has 0 fully saturated rings. The number of halogens is 1. The van der Waals surface area contributed by atoms with Crippen molar-refractivity contribution in [3.05, 3.63) is 64.7 Å². The lowest BCUT2D eigenvalue weighted by atomic mass is 10.2. The van der Waals surface area contributed by atoms with E-state index in [2.05, 4.69) is 10.0 Å². The van der Waals surface area contributed by atoms with Gasteiger partial charge in [-0.25, -0.2) is 13.1 Å². The highest BCUT2D eigenvalue weighted by atomic mass is 35.5. The molecular formula is C17H19ClN2O3S. The average molecular weight is 367 g/mol. The molecule has 2 N–H and O–H groups in total. The lowest BCUT2D eigenvalue weighted by Gasteiger charge is -2.08. The zero-order valence-corrected chi connectivity index (χ0v) is 14.8. The molecule has 1 amide bonds. The third kappa shape index (κ3) is 4.80. The SMILES string of the molecule is CCCNS(=O)(=O)c1ccc(C(=O)NCc2ccccc2Cl)cc1. The number of nitrogens with one attached hydrogen (secondary N) is 2. The molecule has 2 aromatic carbocycles. The molecule has 0 aliphatic carbocycles. The number of carbonyl (C=O) groups is 1. The Hall–Kier alpha value is -1.89. The Balaban J connectivity index is 2.02. The first-order valence-electron chi connectivity index (χ1n) is 7.55. The van der Waals surface area contributed by atoms with Gasteiger partial charge in [0.2, 0.25) is 10.0 Å². The lowest BCUT2D eigenvalue weighted by Crippen LogP contribution is -2.25. The standard InChI is InChI=1S/C17H19ClN2O3S/c1-2-11-20-24(22,23)15-9-7-13(8-10-15)17(21)19-12-14-5-3-4-6-16(14)18/h3-10,20H,2,11-12H2,1H3,(H,19,21). The number of rotatable bonds is 7. The van der Waals surface area contributed by atoms with Crippen LogP contribution in [0.4, 0.5) is 0 Å². The van der Waals surface area contributed by atoms with Crippen molar-refractivity contribution in [2.45, 2.75) is 24.8 Å². The van der Waals surface area contributed by atoms with Crippen molar-refractivity contribution in [3.8, 4) is 0 Å². The van der Waals surface area contributed by atoms with Crippen LogP contribution in [0.3, 0.4) is 0 Å². The van der Waals surface area contributed by atoms with Gasteiger partial charge in [0.05, 0.1) is 4.90 Å². The van der Waals surface area contributed by atoms with E-state index in [1.54, 1.807) is 6.07 Å². The molecule has 5 nitrogen and oxygen atoms in total. The summed E-state index contributed by atoms with van der Waals surface area (Å²) in [5.41, 5.74) is 1.20. The Morgan fingerprint density at radius 1 is 1.08 bits per heavy atom. The summed E-state index contributed by atoms with van der Waals surface area (Å²) in [6.07, 6.45) is 0.710. The van der Waals surface area contributed by atoms with Crippen molar-refractivity contribution >= 4 is 27.5 Å². The van der Waals surface area contributed by atoms with Crippen LogP contribution in [-0.4, -0.2) is 20.9 Å². The predicted octanol–water partition coefficient (Wildman–Crippen LogP) is 2.96. The van der Waals surface area contributed by atoms with E-state index in [9.17, 15) is 13.2 Å². The highest BCUT2D eigenvalue weighted by Crippen LogP contribution is 2.15. The second-order valence-corrected chi connectivity index (χ2v) is 7.37. The summed E-state index contributed by atoms with van der Waals surface area (Å²) in [5, 5.41) is 3.34. The first-order valence-corrected chi connectivity index (χ1v) is 9.41. The minimum atomic E-state index is -3.52. The summed E-state index contributed by atoms with van der Waals surface area (Å²) in [6, 6.07) is 13.1. The van der Waals surface area contributed by atoms with Crippen molar-refractivity contribution in [3.63, 3.8) is 0 Å². The van der Waals surface area contributed by atoms with Crippen molar-refractivity contribution in [2.75, 3.05) is 6.54 Å². The number of hydrogen-bond donors (Lipinski definition) is 2. The Bertz CT molecular complexity index is 805. The van der Waals surface area contributed by atoms with Crippen LogP contribution in [0.15, 0.2) is 53.4 Å². The second-order valence-electron chi connectivity index (χ2n) is 5.20. The highest BCUT2D eigenvalue weighted by Gasteiger charge is 2.14. The summed E-state index contributed by atoms with van der Waals surface area (Å²) >= 11 is 6.04. The molecule has 7 heteroatoms. The molecule has 0 saturated carbocycles. The van der Waals surface area contributed by atoms with Crippen molar-refractivity contribution in [1.29, 1.82) is 0 Å². The van der Waals surface area contributed by atoms with E-state index >= 15 is 0 Å². The van der Waals surface area contributed by atoms with Crippen LogP contribution >= 0.6 is 11.6 Å². The molecule has 128 valence electrons. The van der Waals surface area contributed by atoms with E-state index in [0.29, 0.717) is 30.1 Å². The summed E-state index contributed by atoms with van der Waals surface area (Å²) in [5.74, 6) is -0.291. The number of hydrogen-bond acceptors (Lipinski definition) is 3. The molecule has 0 saturated heterocycles. The van der Waals surface area contributed by atoms with Gasteiger partial charge in [-0.2, -0.15) is 0 Å². The summed E-state index contributed by atoms with van der Waals surface area (Å²) in [6.45, 7) is 2.56. The molecule has 0 aliphatic heterocycles. The molecule has 0 spiro atoms. The molecule has 0 radical (unpaired) electrons. The quantitative estimate of drug-likeness (QED) is 0.791. The normalized spacial score (nSPS) is 11.2. The van der Waals surface area contributed by atoms with Crippen LogP contribution in [0.2, 0.25) is 5.02 Å². The fraction of sp³-hybridized carbons (Fsp3) is 0.235. The van der Waals surface area contributed by atoms with Gasteiger partial charge >= 0.3 is 0 Å². The summed E-state index contributed by atoms with van der Waals surface area (Å²) < 4.78 is 26.5. The first kappa shape index (κ1) is 18.4. The third-order valence-corrected chi connectivity index (χ3v) is 5.21. The van der Waals surface area contributed by atoms with Crippen LogP contribution in [-0.2, 0) is 16.6 Å². The molecule has 0 heterocycles. The molecule has 0 aromatic heterocycles. The smallest absolute Gasteiger partial charge is 0.251 e. The molecule has 0 unspecified atom stereocenters. The van der Waals surface area contributed by atoms with Gasteiger partial charge in [-0.1, -0.05) is 36.7 Å². The number of amides is 1. The molecule has 24 heavy (non-hydrogen) atoms. The molecule has 2 rings (SSSR count). The maximum absolute atomic E-state index is 12.1. The van der Waals surface area contributed by atoms with Gasteiger partial charge in [0, 0.05) is 23.7 Å². The molecule has 2 aromatic rings. The van der Waals surface area contributed by atoms with E-state index in [0.717, 1.165) is 5.56 Å². The van der Waals surface area contributed by atoms with Gasteiger partial charge in [0.15, 0.2) is 0 Å². The number of benzene rings is 2. The average Bonchev–Trinajstić information content (AvgIpc) is 2.59. The van der Waals surface area contributed by atoms with Gasteiger partial charge in [-0.15, -0.1) is 0 Å². The molecule has 0 atom stereocenters. The Labute approximate surface area is 147 Å². The van der Waals surface area contributed by atoms with Crippen LogP contribution in [0.25, 0.3) is 0 Å². The lowest BCUT2D eigenvalue weighted by molar-refractivity contribution is 0.0951. The second kappa shape index (κ2) is 8.28. The minimum absolute atomic E-state index is 0.138. The van der Waals surface area contributed by atoms with Gasteiger partial charge < -0.3 is 5.32 Å². The summed E-state index contributed by atoms with van der Waals surface area (Å²) in [4.78, 5) is 12.3. The zero-order chi connectivity index (χ0) is 17.6. The van der Waals surface area contributed by atoms with Gasteiger partial charge in [-0.3, -0.25) is 4.79 Å².